The van der Waals surface area contributed by atoms with Crippen LogP contribution in [0.5, 0.6) is 11.5 Å². The van der Waals surface area contributed by atoms with Gasteiger partial charge in [-0.15, -0.1) is 0 Å². The highest BCUT2D eigenvalue weighted by atomic mass is 35.5. The van der Waals surface area contributed by atoms with Crippen LogP contribution in [0.1, 0.15) is 27.8 Å². The second-order valence-electron chi connectivity index (χ2n) is 7.70. The molecule has 0 bridgehead atoms. The van der Waals surface area contributed by atoms with Gasteiger partial charge in [0.05, 0.1) is 12.1 Å². The number of benzene rings is 3. The molecule has 0 aliphatic carbocycles. The molecule has 0 radical (unpaired) electrons. The van der Waals surface area contributed by atoms with Gasteiger partial charge in [0.1, 0.15) is 18.2 Å². The van der Waals surface area contributed by atoms with Gasteiger partial charge in [-0.1, -0.05) is 59.6 Å². The molecule has 0 unspecified atom stereocenters. The predicted octanol–water partition coefficient (Wildman–Crippen LogP) is 6.40. The Morgan fingerprint density at radius 2 is 1.76 bits per heavy atom. The number of hydrogen-bond donors (Lipinski definition) is 1. The molecule has 6 heteroatoms. The van der Waals surface area contributed by atoms with Gasteiger partial charge < -0.3 is 14.8 Å². The fraction of sp³-hybridized carbons (Fsp3) is 0.185. The lowest BCUT2D eigenvalue weighted by Gasteiger charge is -2.14. The lowest BCUT2D eigenvalue weighted by atomic mass is 10.1. The van der Waals surface area contributed by atoms with E-state index in [1.165, 1.54) is 18.7 Å². The highest BCUT2D eigenvalue weighted by Gasteiger charge is 2.15. The number of para-hydroxylation sites is 1. The van der Waals surface area contributed by atoms with Crippen LogP contribution >= 0.6 is 11.6 Å². The molecular formula is C27H25ClN2O3. The minimum Gasteiger partial charge on any atom is -0.493 e. The number of anilines is 1. The van der Waals surface area contributed by atoms with Crippen molar-refractivity contribution in [3.63, 3.8) is 0 Å². The van der Waals surface area contributed by atoms with E-state index in [0.29, 0.717) is 34.4 Å². The third-order valence-electron chi connectivity index (χ3n) is 5.15. The quantitative estimate of drug-likeness (QED) is 0.327. The van der Waals surface area contributed by atoms with Gasteiger partial charge in [-0.05, 0) is 61.2 Å². The van der Waals surface area contributed by atoms with Gasteiger partial charge in [0, 0.05) is 5.69 Å². The number of methoxy groups -OCH3 is 1. The lowest BCUT2D eigenvalue weighted by Crippen LogP contribution is -2.15. The number of nitriles is 1. The van der Waals surface area contributed by atoms with Gasteiger partial charge in [0.25, 0.3) is 5.91 Å². The third-order valence-corrected chi connectivity index (χ3v) is 5.43. The Morgan fingerprint density at radius 1 is 1.09 bits per heavy atom. The van der Waals surface area contributed by atoms with Crippen LogP contribution in [-0.4, -0.2) is 13.0 Å². The van der Waals surface area contributed by atoms with Crippen molar-refractivity contribution < 1.29 is 14.3 Å². The molecule has 0 fully saturated rings. The fourth-order valence-electron chi connectivity index (χ4n) is 3.31. The minimum absolute atomic E-state index is 0.0518. The van der Waals surface area contributed by atoms with Crippen molar-refractivity contribution in [2.45, 2.75) is 27.4 Å². The van der Waals surface area contributed by atoms with E-state index in [0.717, 1.165) is 16.7 Å². The maximum atomic E-state index is 12.8. The summed E-state index contributed by atoms with van der Waals surface area (Å²) in [6.45, 7) is 6.15. The van der Waals surface area contributed by atoms with E-state index < -0.39 is 5.91 Å². The first-order valence-corrected chi connectivity index (χ1v) is 10.8. The van der Waals surface area contributed by atoms with Crippen molar-refractivity contribution in [3.05, 3.63) is 93.0 Å². The smallest absolute Gasteiger partial charge is 0.266 e. The van der Waals surface area contributed by atoms with Crippen molar-refractivity contribution in [1.82, 2.24) is 0 Å². The van der Waals surface area contributed by atoms with Crippen LogP contribution in [0.2, 0.25) is 5.02 Å². The van der Waals surface area contributed by atoms with Crippen LogP contribution in [0.25, 0.3) is 6.08 Å². The topological polar surface area (TPSA) is 71.3 Å². The van der Waals surface area contributed by atoms with Crippen molar-refractivity contribution in [3.8, 4) is 17.6 Å². The van der Waals surface area contributed by atoms with E-state index in [2.05, 4.69) is 5.32 Å². The van der Waals surface area contributed by atoms with E-state index in [1.807, 2.05) is 69.3 Å². The number of carbonyl (C=O) groups is 1. The number of rotatable bonds is 7. The Hall–Kier alpha value is -3.75. The predicted molar refractivity (Wildman–Crippen MR) is 132 cm³/mol. The molecule has 0 heterocycles. The summed E-state index contributed by atoms with van der Waals surface area (Å²) >= 11 is 6.46. The third kappa shape index (κ3) is 5.94. The summed E-state index contributed by atoms with van der Waals surface area (Å²) in [5, 5.41) is 12.7. The Morgan fingerprint density at radius 3 is 2.36 bits per heavy atom. The van der Waals surface area contributed by atoms with E-state index in [-0.39, 0.29) is 5.57 Å². The molecule has 0 aliphatic rings. The van der Waals surface area contributed by atoms with Gasteiger partial charge in [0.2, 0.25) is 0 Å². The van der Waals surface area contributed by atoms with Crippen LogP contribution in [0, 0.1) is 32.1 Å². The molecule has 3 aromatic rings. The van der Waals surface area contributed by atoms with Gasteiger partial charge in [0.15, 0.2) is 11.5 Å². The van der Waals surface area contributed by atoms with Crippen molar-refractivity contribution >= 4 is 29.3 Å². The largest absolute Gasteiger partial charge is 0.493 e. The highest BCUT2D eigenvalue weighted by Crippen LogP contribution is 2.37. The number of nitrogens with one attached hydrogen (secondary N) is 1. The molecule has 5 nitrogen and oxygen atoms in total. The van der Waals surface area contributed by atoms with E-state index in [4.69, 9.17) is 21.1 Å². The zero-order chi connectivity index (χ0) is 24.0. The number of carbonyl (C=O) groups excluding carboxylic acids is 1. The second-order valence-corrected chi connectivity index (χ2v) is 8.11. The average Bonchev–Trinajstić information content (AvgIpc) is 2.79. The van der Waals surface area contributed by atoms with Crippen LogP contribution in [0.4, 0.5) is 5.69 Å². The van der Waals surface area contributed by atoms with E-state index >= 15 is 0 Å². The maximum Gasteiger partial charge on any atom is 0.266 e. The standard InChI is InChI=1S/C27H25ClN2O3/c1-17-8-10-20(11-9-17)16-33-26-23(28)13-21(14-24(26)32-4)12-22(15-29)27(31)30-25-18(2)6-5-7-19(25)3/h5-14H,16H2,1-4H3,(H,30,31). The Bertz CT molecular complexity index is 1220. The zero-order valence-corrected chi connectivity index (χ0v) is 19.8. The molecule has 0 saturated carbocycles. The first-order valence-electron chi connectivity index (χ1n) is 10.4. The van der Waals surface area contributed by atoms with Crippen LogP contribution in [-0.2, 0) is 11.4 Å². The lowest BCUT2D eigenvalue weighted by molar-refractivity contribution is -0.112. The first kappa shape index (κ1) is 23.9. The molecular weight excluding hydrogens is 436 g/mol. The number of amides is 1. The SMILES string of the molecule is COc1cc(C=C(C#N)C(=O)Nc2c(C)cccc2C)cc(Cl)c1OCc1ccc(C)cc1. The van der Waals surface area contributed by atoms with Crippen LogP contribution in [0.15, 0.2) is 60.2 Å². The summed E-state index contributed by atoms with van der Waals surface area (Å²) in [6.07, 6.45) is 1.47. The molecule has 0 spiro atoms. The molecule has 0 aliphatic heterocycles. The molecule has 3 aromatic carbocycles. The average molecular weight is 461 g/mol. The number of halogens is 1. The summed E-state index contributed by atoms with van der Waals surface area (Å²) in [6, 6.07) is 19.0. The second kappa shape index (κ2) is 10.7. The number of aryl methyl sites for hydroxylation is 3. The molecule has 33 heavy (non-hydrogen) atoms. The molecule has 1 amide bonds. The summed E-state index contributed by atoms with van der Waals surface area (Å²) in [7, 11) is 1.51. The molecule has 1 N–H and O–H groups in total. The van der Waals surface area contributed by atoms with Crippen molar-refractivity contribution in [1.29, 1.82) is 5.26 Å². The minimum atomic E-state index is -0.496. The number of ether oxygens (including phenoxy) is 2. The summed E-state index contributed by atoms with van der Waals surface area (Å²) in [5.41, 5.74) is 5.19. The highest BCUT2D eigenvalue weighted by molar-refractivity contribution is 6.32. The van der Waals surface area contributed by atoms with Crippen molar-refractivity contribution in [2.75, 3.05) is 12.4 Å². The van der Waals surface area contributed by atoms with Crippen molar-refractivity contribution in [2.24, 2.45) is 0 Å². The summed E-state index contributed by atoms with van der Waals surface area (Å²) in [5.74, 6) is 0.313. The number of nitrogens with zero attached hydrogens (tertiary/aromatic N) is 1. The van der Waals surface area contributed by atoms with E-state index in [9.17, 15) is 10.1 Å². The van der Waals surface area contributed by atoms with Gasteiger partial charge >= 0.3 is 0 Å². The Balaban J connectivity index is 1.84. The molecule has 3 rings (SSSR count). The van der Waals surface area contributed by atoms with Gasteiger partial charge in [-0.2, -0.15) is 5.26 Å². The molecule has 0 saturated heterocycles. The maximum absolute atomic E-state index is 12.8. The number of hydrogen-bond acceptors (Lipinski definition) is 4. The zero-order valence-electron chi connectivity index (χ0n) is 19.0. The monoisotopic (exact) mass is 460 g/mol. The molecule has 168 valence electrons. The Kier molecular flexibility index (Phi) is 7.76. The summed E-state index contributed by atoms with van der Waals surface area (Å²) in [4.78, 5) is 12.8. The van der Waals surface area contributed by atoms with Crippen LogP contribution in [0.3, 0.4) is 0 Å². The normalized spacial score (nSPS) is 11.0. The fourth-order valence-corrected chi connectivity index (χ4v) is 3.58. The van der Waals surface area contributed by atoms with E-state index in [1.54, 1.807) is 12.1 Å². The molecule has 0 aromatic heterocycles. The first-order chi connectivity index (χ1) is 15.8. The Labute approximate surface area is 199 Å². The van der Waals surface area contributed by atoms with Crippen LogP contribution < -0.4 is 14.8 Å². The molecule has 0 atom stereocenters. The van der Waals surface area contributed by atoms with Gasteiger partial charge in [-0.25, -0.2) is 0 Å². The summed E-state index contributed by atoms with van der Waals surface area (Å²) < 4.78 is 11.4. The van der Waals surface area contributed by atoms with Gasteiger partial charge in [-0.3, -0.25) is 4.79 Å².